The van der Waals surface area contributed by atoms with Gasteiger partial charge >= 0.3 is 0 Å². The molecule has 0 radical (unpaired) electrons. The molecule has 1 fully saturated rings. The summed E-state index contributed by atoms with van der Waals surface area (Å²) >= 11 is 0. The van der Waals surface area contributed by atoms with Crippen molar-refractivity contribution in [3.8, 4) is 0 Å². The van der Waals surface area contributed by atoms with E-state index in [1.807, 2.05) is 19.4 Å². The molecule has 0 aromatic carbocycles. The summed E-state index contributed by atoms with van der Waals surface area (Å²) in [4.78, 5) is 0. The van der Waals surface area contributed by atoms with Crippen LogP contribution in [-0.2, 0) is 11.8 Å². The average molecular weight is 167 g/mol. The van der Waals surface area contributed by atoms with E-state index in [4.69, 9.17) is 4.74 Å². The van der Waals surface area contributed by atoms with Gasteiger partial charge in [0.25, 0.3) is 0 Å². The lowest BCUT2D eigenvalue weighted by Crippen LogP contribution is -2.33. The highest BCUT2D eigenvalue weighted by atomic mass is 16.5. The van der Waals surface area contributed by atoms with Crippen LogP contribution in [0.4, 0.5) is 5.69 Å². The van der Waals surface area contributed by atoms with Gasteiger partial charge in [-0.15, -0.1) is 0 Å². The molecule has 66 valence electrons. The zero-order valence-corrected chi connectivity index (χ0v) is 7.16. The smallest absolute Gasteiger partial charge is 0.0769 e. The van der Waals surface area contributed by atoms with Gasteiger partial charge in [0.1, 0.15) is 0 Å². The van der Waals surface area contributed by atoms with Gasteiger partial charge in [-0.3, -0.25) is 4.68 Å². The van der Waals surface area contributed by atoms with Crippen molar-refractivity contribution < 1.29 is 4.74 Å². The molecule has 1 saturated heterocycles. The van der Waals surface area contributed by atoms with Crippen molar-refractivity contribution in [2.24, 2.45) is 7.05 Å². The number of ether oxygens (including phenoxy) is 1. The summed E-state index contributed by atoms with van der Waals surface area (Å²) in [5.74, 6) is 0. The molecule has 4 heteroatoms. The van der Waals surface area contributed by atoms with Crippen LogP contribution in [0.15, 0.2) is 12.4 Å². The first-order valence-electron chi connectivity index (χ1n) is 4.19. The molecule has 1 aliphatic heterocycles. The molecule has 0 saturated carbocycles. The van der Waals surface area contributed by atoms with Gasteiger partial charge in [-0.25, -0.2) is 0 Å². The SMILES string of the molecule is Cn1cc(NCC2CCO2)cn1. The van der Waals surface area contributed by atoms with Gasteiger partial charge in [0, 0.05) is 26.4 Å². The van der Waals surface area contributed by atoms with Gasteiger partial charge in [0.15, 0.2) is 0 Å². The van der Waals surface area contributed by atoms with Crippen LogP contribution >= 0.6 is 0 Å². The van der Waals surface area contributed by atoms with Gasteiger partial charge in [-0.1, -0.05) is 0 Å². The second-order valence-electron chi connectivity index (χ2n) is 3.07. The van der Waals surface area contributed by atoms with E-state index < -0.39 is 0 Å². The van der Waals surface area contributed by atoms with Gasteiger partial charge in [0.2, 0.25) is 0 Å². The highest BCUT2D eigenvalue weighted by Crippen LogP contribution is 2.12. The summed E-state index contributed by atoms with van der Waals surface area (Å²) in [6, 6.07) is 0. The summed E-state index contributed by atoms with van der Waals surface area (Å²) < 4.78 is 7.05. The zero-order valence-electron chi connectivity index (χ0n) is 7.16. The first-order valence-corrected chi connectivity index (χ1v) is 4.19. The molecular weight excluding hydrogens is 154 g/mol. The van der Waals surface area contributed by atoms with E-state index in [2.05, 4.69) is 10.4 Å². The fourth-order valence-electron chi connectivity index (χ4n) is 1.19. The molecule has 0 amide bonds. The van der Waals surface area contributed by atoms with Crippen LogP contribution in [0.2, 0.25) is 0 Å². The fourth-order valence-corrected chi connectivity index (χ4v) is 1.19. The Morgan fingerprint density at radius 1 is 1.83 bits per heavy atom. The lowest BCUT2D eigenvalue weighted by atomic mass is 10.2. The van der Waals surface area contributed by atoms with E-state index in [0.717, 1.165) is 18.8 Å². The minimum absolute atomic E-state index is 0.408. The quantitative estimate of drug-likeness (QED) is 0.717. The summed E-state index contributed by atoms with van der Waals surface area (Å²) in [7, 11) is 1.91. The topological polar surface area (TPSA) is 39.1 Å². The monoisotopic (exact) mass is 167 g/mol. The number of aromatic nitrogens is 2. The maximum Gasteiger partial charge on any atom is 0.0769 e. The van der Waals surface area contributed by atoms with E-state index >= 15 is 0 Å². The first kappa shape index (κ1) is 7.61. The normalized spacial score (nSPS) is 21.9. The molecule has 1 unspecified atom stereocenters. The maximum absolute atomic E-state index is 5.27. The highest BCUT2D eigenvalue weighted by Gasteiger charge is 2.17. The first-order chi connectivity index (χ1) is 5.84. The molecule has 1 N–H and O–H groups in total. The Morgan fingerprint density at radius 3 is 3.17 bits per heavy atom. The Labute approximate surface area is 71.5 Å². The van der Waals surface area contributed by atoms with Crippen molar-refractivity contribution in [2.45, 2.75) is 12.5 Å². The van der Waals surface area contributed by atoms with E-state index in [0.29, 0.717) is 6.10 Å². The van der Waals surface area contributed by atoms with Crippen molar-refractivity contribution in [3.05, 3.63) is 12.4 Å². The summed E-state index contributed by atoms with van der Waals surface area (Å²) in [5, 5.41) is 7.31. The number of rotatable bonds is 3. The Bertz CT molecular complexity index is 255. The van der Waals surface area contributed by atoms with Crippen LogP contribution in [-0.4, -0.2) is 29.0 Å². The minimum Gasteiger partial charge on any atom is -0.380 e. The third-order valence-electron chi connectivity index (χ3n) is 2.03. The van der Waals surface area contributed by atoms with Crippen LogP contribution in [0.3, 0.4) is 0 Å². The summed E-state index contributed by atoms with van der Waals surface area (Å²) in [6.07, 6.45) is 5.36. The Morgan fingerprint density at radius 2 is 2.67 bits per heavy atom. The molecule has 1 aliphatic rings. The van der Waals surface area contributed by atoms with Gasteiger partial charge in [0.05, 0.1) is 18.0 Å². The Hall–Kier alpha value is -1.03. The number of hydrogen-bond donors (Lipinski definition) is 1. The molecule has 2 rings (SSSR count). The number of nitrogens with one attached hydrogen (secondary N) is 1. The summed E-state index contributed by atoms with van der Waals surface area (Å²) in [6.45, 7) is 1.81. The second kappa shape index (κ2) is 3.15. The van der Waals surface area contributed by atoms with Crippen LogP contribution in [0.1, 0.15) is 6.42 Å². The van der Waals surface area contributed by atoms with Crippen LogP contribution < -0.4 is 5.32 Å². The number of anilines is 1. The third-order valence-corrected chi connectivity index (χ3v) is 2.03. The number of aryl methyl sites for hydroxylation is 1. The second-order valence-corrected chi connectivity index (χ2v) is 3.07. The molecule has 0 aliphatic carbocycles. The molecule has 4 nitrogen and oxygen atoms in total. The van der Waals surface area contributed by atoms with Gasteiger partial charge in [-0.05, 0) is 6.42 Å². The van der Waals surface area contributed by atoms with E-state index in [1.165, 1.54) is 6.42 Å². The van der Waals surface area contributed by atoms with E-state index in [9.17, 15) is 0 Å². The average Bonchev–Trinajstić information content (AvgIpc) is 2.32. The predicted octanol–water partition coefficient (Wildman–Crippen LogP) is 0.621. The van der Waals surface area contributed by atoms with Crippen molar-refractivity contribution in [1.82, 2.24) is 9.78 Å². The van der Waals surface area contributed by atoms with Crippen molar-refractivity contribution in [2.75, 3.05) is 18.5 Å². The largest absolute Gasteiger partial charge is 0.380 e. The molecular formula is C8H13N3O. The van der Waals surface area contributed by atoms with E-state index in [-0.39, 0.29) is 0 Å². The lowest BCUT2D eigenvalue weighted by molar-refractivity contribution is -0.0410. The van der Waals surface area contributed by atoms with Crippen LogP contribution in [0.5, 0.6) is 0 Å². The molecule has 2 heterocycles. The standard InChI is InChI=1S/C8H13N3O/c1-11-6-7(4-10-11)9-5-8-2-3-12-8/h4,6,8-9H,2-3,5H2,1H3. The van der Waals surface area contributed by atoms with Gasteiger partial charge < -0.3 is 10.1 Å². The minimum atomic E-state index is 0.408. The molecule has 1 aromatic rings. The predicted molar refractivity (Wildman–Crippen MR) is 46.1 cm³/mol. The highest BCUT2D eigenvalue weighted by molar-refractivity contribution is 5.38. The third kappa shape index (κ3) is 1.58. The van der Waals surface area contributed by atoms with Crippen LogP contribution in [0.25, 0.3) is 0 Å². The molecule has 1 aromatic heterocycles. The molecule has 0 bridgehead atoms. The van der Waals surface area contributed by atoms with Crippen LogP contribution in [0, 0.1) is 0 Å². The summed E-state index contributed by atoms with van der Waals surface area (Å²) in [5.41, 5.74) is 1.06. The lowest BCUT2D eigenvalue weighted by Gasteiger charge is -2.26. The number of nitrogens with zero attached hydrogens (tertiary/aromatic N) is 2. The number of hydrogen-bond acceptors (Lipinski definition) is 3. The zero-order chi connectivity index (χ0) is 8.39. The van der Waals surface area contributed by atoms with Crippen molar-refractivity contribution >= 4 is 5.69 Å². The Balaban J connectivity index is 1.79. The van der Waals surface area contributed by atoms with Crippen molar-refractivity contribution in [3.63, 3.8) is 0 Å². The fraction of sp³-hybridized carbons (Fsp3) is 0.625. The van der Waals surface area contributed by atoms with Crippen molar-refractivity contribution in [1.29, 1.82) is 0 Å². The maximum atomic E-state index is 5.27. The van der Waals surface area contributed by atoms with E-state index in [1.54, 1.807) is 4.68 Å². The Kier molecular flexibility index (Phi) is 1.99. The van der Waals surface area contributed by atoms with Gasteiger partial charge in [-0.2, -0.15) is 5.10 Å². The molecule has 0 spiro atoms. The molecule has 12 heavy (non-hydrogen) atoms. The molecule has 1 atom stereocenters.